The molecule has 58 valence electrons. The zero-order valence-corrected chi connectivity index (χ0v) is 6.93. The van der Waals surface area contributed by atoms with Gasteiger partial charge in [0.05, 0.1) is 0 Å². The summed E-state index contributed by atoms with van der Waals surface area (Å²) in [6, 6.07) is 8.56. The maximum Gasteiger partial charge on any atom is 0.0426 e. The number of nitrogens with one attached hydrogen (secondary N) is 1. The van der Waals surface area contributed by atoms with Crippen LogP contribution in [-0.2, 0) is 0 Å². The third-order valence-electron chi connectivity index (χ3n) is 1.77. The Bertz CT molecular complexity index is 255. The fourth-order valence-corrected chi connectivity index (χ4v) is 1.23. The Hall–Kier alpha value is -0.690. The Kier molecular flexibility index (Phi) is 1.74. The molecule has 0 aliphatic heterocycles. The van der Waals surface area contributed by atoms with E-state index in [0.29, 0.717) is 6.04 Å². The molecule has 1 nitrogen and oxygen atoms in total. The van der Waals surface area contributed by atoms with Crippen molar-refractivity contribution in [2.24, 2.45) is 0 Å². The van der Waals surface area contributed by atoms with Crippen molar-refractivity contribution in [2.45, 2.75) is 18.9 Å². The van der Waals surface area contributed by atoms with E-state index in [0.717, 1.165) is 10.7 Å². The van der Waals surface area contributed by atoms with Crippen LogP contribution in [0.2, 0.25) is 5.02 Å². The van der Waals surface area contributed by atoms with Gasteiger partial charge in [-0.05, 0) is 31.0 Å². The minimum atomic E-state index is 0.702. The van der Waals surface area contributed by atoms with Gasteiger partial charge in [0.15, 0.2) is 0 Å². The minimum absolute atomic E-state index is 0.702. The van der Waals surface area contributed by atoms with E-state index in [9.17, 15) is 0 Å². The SMILES string of the molecule is Clc1cccc(NC2CC2)c1. The Labute approximate surface area is 71.4 Å². The fourth-order valence-electron chi connectivity index (χ4n) is 1.04. The molecule has 1 aromatic carbocycles. The molecular weight excluding hydrogens is 158 g/mol. The summed E-state index contributed by atoms with van der Waals surface area (Å²) in [6.07, 6.45) is 2.60. The summed E-state index contributed by atoms with van der Waals surface area (Å²) in [6.45, 7) is 0. The largest absolute Gasteiger partial charge is 0.382 e. The first-order valence-corrected chi connectivity index (χ1v) is 4.24. The number of hydrogen-bond donors (Lipinski definition) is 1. The molecule has 2 rings (SSSR count). The molecule has 1 aliphatic carbocycles. The summed E-state index contributed by atoms with van der Waals surface area (Å²) < 4.78 is 0. The van der Waals surface area contributed by atoms with E-state index < -0.39 is 0 Å². The highest BCUT2D eigenvalue weighted by Crippen LogP contribution is 2.25. The quantitative estimate of drug-likeness (QED) is 0.714. The second kappa shape index (κ2) is 2.74. The number of halogens is 1. The molecule has 0 aromatic heterocycles. The van der Waals surface area contributed by atoms with Crippen LogP contribution in [-0.4, -0.2) is 6.04 Å². The smallest absolute Gasteiger partial charge is 0.0426 e. The lowest BCUT2D eigenvalue weighted by atomic mass is 10.3. The van der Waals surface area contributed by atoms with Crippen LogP contribution in [0.15, 0.2) is 24.3 Å². The average molecular weight is 168 g/mol. The van der Waals surface area contributed by atoms with Gasteiger partial charge in [-0.1, -0.05) is 17.7 Å². The predicted molar refractivity (Wildman–Crippen MR) is 48.1 cm³/mol. The van der Waals surface area contributed by atoms with Crippen LogP contribution >= 0.6 is 11.6 Å². The van der Waals surface area contributed by atoms with Crippen molar-refractivity contribution in [3.05, 3.63) is 29.3 Å². The number of benzene rings is 1. The second-order valence-electron chi connectivity index (χ2n) is 2.93. The first-order chi connectivity index (χ1) is 5.34. The van der Waals surface area contributed by atoms with Crippen LogP contribution in [0.1, 0.15) is 12.8 Å². The molecule has 1 aromatic rings. The molecule has 0 radical (unpaired) electrons. The Morgan fingerprint density at radius 3 is 2.82 bits per heavy atom. The van der Waals surface area contributed by atoms with Crippen LogP contribution in [0, 0.1) is 0 Å². The lowest BCUT2D eigenvalue weighted by Crippen LogP contribution is -1.99. The van der Waals surface area contributed by atoms with E-state index >= 15 is 0 Å². The standard InChI is InChI=1S/C9H10ClN/c10-7-2-1-3-9(6-7)11-8-4-5-8/h1-3,6,8,11H,4-5H2. The van der Waals surface area contributed by atoms with Crippen molar-refractivity contribution in [2.75, 3.05) is 5.32 Å². The van der Waals surface area contributed by atoms with Gasteiger partial charge < -0.3 is 5.32 Å². The highest BCUT2D eigenvalue weighted by atomic mass is 35.5. The molecular formula is C9H10ClN. The third-order valence-corrected chi connectivity index (χ3v) is 2.01. The Morgan fingerprint density at radius 1 is 1.36 bits per heavy atom. The Balaban J connectivity index is 2.10. The summed E-state index contributed by atoms with van der Waals surface area (Å²) in [5.74, 6) is 0. The maximum atomic E-state index is 5.81. The number of hydrogen-bond acceptors (Lipinski definition) is 1. The molecule has 1 aliphatic rings. The molecule has 0 atom stereocenters. The average Bonchev–Trinajstić information content (AvgIpc) is 2.71. The van der Waals surface area contributed by atoms with Gasteiger partial charge >= 0.3 is 0 Å². The first kappa shape index (κ1) is 6.99. The molecule has 0 saturated heterocycles. The van der Waals surface area contributed by atoms with E-state index in [2.05, 4.69) is 5.32 Å². The van der Waals surface area contributed by atoms with Gasteiger partial charge in [-0.2, -0.15) is 0 Å². The molecule has 1 fully saturated rings. The van der Waals surface area contributed by atoms with E-state index in [-0.39, 0.29) is 0 Å². The second-order valence-corrected chi connectivity index (χ2v) is 3.37. The lowest BCUT2D eigenvalue weighted by molar-refractivity contribution is 1.16. The monoisotopic (exact) mass is 167 g/mol. The molecule has 0 bridgehead atoms. The van der Waals surface area contributed by atoms with Crippen molar-refractivity contribution < 1.29 is 0 Å². The maximum absolute atomic E-state index is 5.81. The van der Waals surface area contributed by atoms with Crippen molar-refractivity contribution >= 4 is 17.3 Å². The molecule has 0 amide bonds. The van der Waals surface area contributed by atoms with Crippen LogP contribution in [0.4, 0.5) is 5.69 Å². The highest BCUT2D eigenvalue weighted by Gasteiger charge is 2.20. The normalized spacial score (nSPS) is 16.5. The van der Waals surface area contributed by atoms with E-state index in [1.165, 1.54) is 12.8 Å². The van der Waals surface area contributed by atoms with Crippen LogP contribution in [0.3, 0.4) is 0 Å². The lowest BCUT2D eigenvalue weighted by Gasteiger charge is -2.02. The molecule has 0 spiro atoms. The van der Waals surface area contributed by atoms with Gasteiger partial charge in [0, 0.05) is 16.8 Å². The fraction of sp³-hybridized carbons (Fsp3) is 0.333. The summed E-state index contributed by atoms with van der Waals surface area (Å²) in [7, 11) is 0. The summed E-state index contributed by atoms with van der Waals surface area (Å²) in [4.78, 5) is 0. The number of anilines is 1. The Morgan fingerprint density at radius 2 is 2.18 bits per heavy atom. The summed E-state index contributed by atoms with van der Waals surface area (Å²) in [5, 5.41) is 4.17. The topological polar surface area (TPSA) is 12.0 Å². The van der Waals surface area contributed by atoms with Crippen molar-refractivity contribution in [3.8, 4) is 0 Å². The third kappa shape index (κ3) is 1.87. The highest BCUT2D eigenvalue weighted by molar-refractivity contribution is 6.30. The molecule has 2 heteroatoms. The predicted octanol–water partition coefficient (Wildman–Crippen LogP) is 2.91. The van der Waals surface area contributed by atoms with E-state index in [4.69, 9.17) is 11.6 Å². The van der Waals surface area contributed by atoms with Crippen molar-refractivity contribution in [1.29, 1.82) is 0 Å². The molecule has 1 N–H and O–H groups in total. The van der Waals surface area contributed by atoms with Crippen LogP contribution in [0.5, 0.6) is 0 Å². The van der Waals surface area contributed by atoms with Gasteiger partial charge in [0.25, 0.3) is 0 Å². The zero-order chi connectivity index (χ0) is 7.68. The molecule has 1 saturated carbocycles. The van der Waals surface area contributed by atoms with Gasteiger partial charge in [-0.3, -0.25) is 0 Å². The van der Waals surface area contributed by atoms with Crippen molar-refractivity contribution in [1.82, 2.24) is 0 Å². The van der Waals surface area contributed by atoms with E-state index in [1.807, 2.05) is 24.3 Å². The van der Waals surface area contributed by atoms with Crippen LogP contribution < -0.4 is 5.32 Å². The van der Waals surface area contributed by atoms with Gasteiger partial charge in [-0.15, -0.1) is 0 Å². The molecule has 0 unspecified atom stereocenters. The first-order valence-electron chi connectivity index (χ1n) is 3.87. The molecule has 11 heavy (non-hydrogen) atoms. The zero-order valence-electron chi connectivity index (χ0n) is 6.18. The van der Waals surface area contributed by atoms with Crippen LogP contribution in [0.25, 0.3) is 0 Å². The van der Waals surface area contributed by atoms with Crippen molar-refractivity contribution in [3.63, 3.8) is 0 Å². The minimum Gasteiger partial charge on any atom is -0.382 e. The number of rotatable bonds is 2. The van der Waals surface area contributed by atoms with Gasteiger partial charge in [0.1, 0.15) is 0 Å². The summed E-state index contributed by atoms with van der Waals surface area (Å²) in [5.41, 5.74) is 1.14. The van der Waals surface area contributed by atoms with Gasteiger partial charge in [0.2, 0.25) is 0 Å². The van der Waals surface area contributed by atoms with Gasteiger partial charge in [-0.25, -0.2) is 0 Å². The summed E-state index contributed by atoms with van der Waals surface area (Å²) >= 11 is 5.81. The van der Waals surface area contributed by atoms with E-state index in [1.54, 1.807) is 0 Å². The molecule has 0 heterocycles.